The van der Waals surface area contributed by atoms with Gasteiger partial charge in [0.1, 0.15) is 29.0 Å². The van der Waals surface area contributed by atoms with Crippen LogP contribution in [0.25, 0.3) is 10.9 Å². The second-order valence-corrected chi connectivity index (χ2v) is 7.74. The normalized spacial score (nSPS) is 18.1. The van der Waals surface area contributed by atoms with E-state index >= 15 is 0 Å². The van der Waals surface area contributed by atoms with Gasteiger partial charge in [-0.15, -0.1) is 0 Å². The van der Waals surface area contributed by atoms with Crippen LogP contribution in [0.15, 0.2) is 36.4 Å². The highest BCUT2D eigenvalue weighted by Gasteiger charge is 2.26. The highest BCUT2D eigenvalue weighted by molar-refractivity contribution is 5.93. The van der Waals surface area contributed by atoms with Crippen molar-refractivity contribution in [3.05, 3.63) is 53.1 Å². The Morgan fingerprint density at radius 3 is 2.73 bits per heavy atom. The second kappa shape index (κ2) is 7.53. The van der Waals surface area contributed by atoms with E-state index in [4.69, 9.17) is 14.9 Å². The minimum Gasteiger partial charge on any atom is -0.497 e. The van der Waals surface area contributed by atoms with Crippen molar-refractivity contribution in [1.29, 1.82) is 5.41 Å². The zero-order chi connectivity index (χ0) is 20.7. The molecule has 1 aromatic heterocycles. The number of methoxy groups -OCH3 is 2. The third-order valence-corrected chi connectivity index (χ3v) is 5.97. The van der Waals surface area contributed by atoms with E-state index in [-0.39, 0.29) is 11.8 Å². The van der Waals surface area contributed by atoms with Crippen LogP contribution in [-0.4, -0.2) is 54.6 Å². The Morgan fingerprint density at radius 1 is 1.10 bits per heavy atom. The summed E-state index contributed by atoms with van der Waals surface area (Å²) in [5.74, 6) is 2.46. The minimum atomic E-state index is 0.00319. The van der Waals surface area contributed by atoms with Crippen molar-refractivity contribution < 1.29 is 9.47 Å². The van der Waals surface area contributed by atoms with Crippen LogP contribution in [0.2, 0.25) is 0 Å². The van der Waals surface area contributed by atoms with Gasteiger partial charge in [0.2, 0.25) is 5.62 Å². The number of para-hydroxylation sites is 1. The molecular formula is C22H26N6O2. The van der Waals surface area contributed by atoms with Gasteiger partial charge in [0.05, 0.1) is 14.2 Å². The summed E-state index contributed by atoms with van der Waals surface area (Å²) in [4.78, 5) is 6.90. The zero-order valence-electron chi connectivity index (χ0n) is 17.2. The maximum atomic E-state index is 8.34. The van der Waals surface area contributed by atoms with Gasteiger partial charge >= 0.3 is 0 Å². The molecule has 3 aromatic rings. The molecule has 156 valence electrons. The lowest BCUT2D eigenvalue weighted by Gasteiger charge is -2.23. The van der Waals surface area contributed by atoms with Crippen LogP contribution >= 0.6 is 0 Å². The first-order valence-electron chi connectivity index (χ1n) is 10.2. The van der Waals surface area contributed by atoms with E-state index < -0.39 is 0 Å². The predicted octanol–water partition coefficient (Wildman–Crippen LogP) is 1.93. The number of nitrogens with one attached hydrogen (secondary N) is 3. The van der Waals surface area contributed by atoms with Gasteiger partial charge in [-0.3, -0.25) is 15.7 Å². The number of anilines is 1. The van der Waals surface area contributed by atoms with Gasteiger partial charge < -0.3 is 14.8 Å². The summed E-state index contributed by atoms with van der Waals surface area (Å²) >= 11 is 0. The summed E-state index contributed by atoms with van der Waals surface area (Å²) in [7, 11) is 3.34. The topological polar surface area (TPSA) is 87.4 Å². The summed E-state index contributed by atoms with van der Waals surface area (Å²) < 4.78 is 12.5. The lowest BCUT2D eigenvalue weighted by molar-refractivity contribution is 0.280. The maximum Gasteiger partial charge on any atom is 0.243 e. The number of hydrogen-bond donors (Lipinski definition) is 3. The zero-order valence-corrected chi connectivity index (χ0v) is 17.2. The van der Waals surface area contributed by atoms with Gasteiger partial charge in [0.25, 0.3) is 0 Å². The minimum absolute atomic E-state index is 0.00319. The molecule has 0 amide bonds. The van der Waals surface area contributed by atoms with Crippen molar-refractivity contribution in [2.24, 2.45) is 0 Å². The number of benzene rings is 2. The molecule has 3 N–H and O–H groups in total. The number of hydrogen-bond acceptors (Lipinski definition) is 7. The molecule has 1 atom stereocenters. The average Bonchev–Trinajstić information content (AvgIpc) is 3.10. The van der Waals surface area contributed by atoms with Crippen molar-refractivity contribution >= 4 is 16.7 Å². The van der Waals surface area contributed by atoms with Crippen LogP contribution in [0.4, 0.5) is 5.82 Å². The summed E-state index contributed by atoms with van der Waals surface area (Å²) in [6.45, 7) is 2.82. The Hall–Kier alpha value is -3.26. The van der Waals surface area contributed by atoms with E-state index in [1.54, 1.807) is 18.9 Å². The fraction of sp³-hybridized carbons (Fsp3) is 0.364. The Balaban J connectivity index is 1.34. The first kappa shape index (κ1) is 18.7. The Morgan fingerprint density at radius 2 is 1.93 bits per heavy atom. The van der Waals surface area contributed by atoms with E-state index in [9.17, 15) is 0 Å². The van der Waals surface area contributed by atoms with Crippen LogP contribution in [0.1, 0.15) is 11.1 Å². The SMILES string of the molecule is COc1ccc2c(c1)CCN(CC1Nc3c4cccc(OC)c4nc(=N)n3N1)CC2. The first-order chi connectivity index (χ1) is 14.7. The van der Waals surface area contributed by atoms with Crippen LogP contribution in [0.5, 0.6) is 11.5 Å². The van der Waals surface area contributed by atoms with Gasteiger partial charge in [-0.05, 0) is 48.2 Å². The molecule has 0 saturated carbocycles. The summed E-state index contributed by atoms with van der Waals surface area (Å²) in [5.41, 5.74) is 7.03. The molecule has 0 bridgehead atoms. The molecule has 0 fully saturated rings. The Kier molecular flexibility index (Phi) is 4.71. The molecule has 0 radical (unpaired) electrons. The van der Waals surface area contributed by atoms with Gasteiger partial charge in [-0.25, -0.2) is 9.66 Å². The third-order valence-electron chi connectivity index (χ3n) is 5.97. The van der Waals surface area contributed by atoms with Crippen LogP contribution < -0.4 is 25.8 Å². The molecule has 2 aliphatic heterocycles. The van der Waals surface area contributed by atoms with E-state index in [0.717, 1.165) is 49.4 Å². The second-order valence-electron chi connectivity index (χ2n) is 7.74. The van der Waals surface area contributed by atoms with Crippen molar-refractivity contribution in [3.63, 3.8) is 0 Å². The van der Waals surface area contributed by atoms with Crippen molar-refractivity contribution in [2.45, 2.75) is 19.0 Å². The molecule has 0 spiro atoms. The molecule has 8 heteroatoms. The van der Waals surface area contributed by atoms with Crippen molar-refractivity contribution in [2.75, 3.05) is 44.6 Å². The molecule has 2 aromatic carbocycles. The molecule has 5 rings (SSSR count). The highest BCUT2D eigenvalue weighted by Crippen LogP contribution is 2.29. The largest absolute Gasteiger partial charge is 0.497 e. The Labute approximate surface area is 174 Å². The lowest BCUT2D eigenvalue weighted by atomic mass is 10.0. The standard InChI is InChI=1S/C22H26N6O2/c1-29-16-7-6-14-8-10-27(11-9-15(14)12-16)13-19-24-21-17-4-3-5-18(30-2)20(17)25-22(23)28(21)26-19/h3-7,12,19,23-24,26H,8-11,13H2,1-2H3. The average molecular weight is 406 g/mol. The number of aromatic nitrogens is 2. The molecule has 0 saturated heterocycles. The van der Waals surface area contributed by atoms with Crippen LogP contribution in [0, 0.1) is 5.41 Å². The molecule has 1 unspecified atom stereocenters. The smallest absolute Gasteiger partial charge is 0.243 e. The van der Waals surface area contributed by atoms with Crippen molar-refractivity contribution in [1.82, 2.24) is 14.6 Å². The van der Waals surface area contributed by atoms with E-state index in [1.807, 2.05) is 24.3 Å². The summed E-state index contributed by atoms with van der Waals surface area (Å²) in [6, 6.07) is 12.2. The van der Waals surface area contributed by atoms with E-state index in [2.05, 4.69) is 32.8 Å². The van der Waals surface area contributed by atoms with Crippen molar-refractivity contribution in [3.8, 4) is 11.5 Å². The molecule has 30 heavy (non-hydrogen) atoms. The van der Waals surface area contributed by atoms with Gasteiger partial charge in [-0.2, -0.15) is 0 Å². The number of nitrogens with zero attached hydrogens (tertiary/aromatic N) is 3. The maximum absolute atomic E-state index is 8.34. The summed E-state index contributed by atoms with van der Waals surface area (Å²) in [6.07, 6.45) is 2.03. The number of ether oxygens (including phenoxy) is 2. The lowest BCUT2D eigenvalue weighted by Crippen LogP contribution is -2.42. The van der Waals surface area contributed by atoms with Gasteiger partial charge in [0, 0.05) is 25.0 Å². The van der Waals surface area contributed by atoms with Gasteiger partial charge in [0.15, 0.2) is 0 Å². The fourth-order valence-corrected chi connectivity index (χ4v) is 4.40. The summed E-state index contributed by atoms with van der Waals surface area (Å²) in [5, 5.41) is 12.8. The van der Waals surface area contributed by atoms with Crippen LogP contribution in [-0.2, 0) is 12.8 Å². The first-order valence-corrected chi connectivity index (χ1v) is 10.2. The highest BCUT2D eigenvalue weighted by atomic mass is 16.5. The van der Waals surface area contributed by atoms with E-state index in [1.165, 1.54) is 11.1 Å². The van der Waals surface area contributed by atoms with Crippen LogP contribution in [0.3, 0.4) is 0 Å². The van der Waals surface area contributed by atoms with E-state index in [0.29, 0.717) is 11.3 Å². The molecule has 2 aliphatic rings. The monoisotopic (exact) mass is 406 g/mol. The predicted molar refractivity (Wildman–Crippen MR) is 116 cm³/mol. The Bertz CT molecular complexity index is 1160. The third kappa shape index (κ3) is 3.23. The number of rotatable bonds is 4. The van der Waals surface area contributed by atoms with Gasteiger partial charge in [-0.1, -0.05) is 12.1 Å². The molecule has 0 aliphatic carbocycles. The fourth-order valence-electron chi connectivity index (χ4n) is 4.40. The number of fused-ring (bicyclic) bond motifs is 4. The molecular weight excluding hydrogens is 380 g/mol. The quantitative estimate of drug-likeness (QED) is 0.614. The molecule has 3 heterocycles. The molecule has 8 nitrogen and oxygen atoms in total.